The molecule has 0 saturated heterocycles. The van der Waals surface area contributed by atoms with Gasteiger partial charge in [-0.25, -0.2) is 0 Å². The van der Waals surface area contributed by atoms with Gasteiger partial charge in [0.25, 0.3) is 0 Å². The molecule has 54 valence electrons. The SMILES string of the molecule is [Br-].[Mg+2].[c-]1ccc2c(c1)SCO2. The number of thioether (sulfide) groups is 1. The third-order valence-corrected chi connectivity index (χ3v) is 2.08. The second-order valence-corrected chi connectivity index (χ2v) is 2.74. The minimum absolute atomic E-state index is 0. The Kier molecular flexibility index (Phi) is 5.59. The normalized spacial score (nSPS) is 12.0. The summed E-state index contributed by atoms with van der Waals surface area (Å²) in [6.07, 6.45) is 0. The maximum Gasteiger partial charge on any atom is 2.00 e. The van der Waals surface area contributed by atoms with E-state index < -0.39 is 0 Å². The van der Waals surface area contributed by atoms with Gasteiger partial charge in [-0.15, -0.1) is 6.07 Å². The molecule has 0 spiro atoms. The van der Waals surface area contributed by atoms with Crippen molar-refractivity contribution in [3.8, 4) is 5.75 Å². The molecule has 1 aromatic carbocycles. The number of benzene rings is 1. The number of halogens is 1. The third-order valence-electron chi connectivity index (χ3n) is 1.22. The number of fused-ring (bicyclic) bond motifs is 1. The van der Waals surface area contributed by atoms with E-state index in [4.69, 9.17) is 4.74 Å². The summed E-state index contributed by atoms with van der Waals surface area (Å²) in [6.45, 7) is 0. The Balaban J connectivity index is 0.000000500. The van der Waals surface area contributed by atoms with Crippen LogP contribution >= 0.6 is 11.8 Å². The van der Waals surface area contributed by atoms with Gasteiger partial charge in [-0.3, -0.25) is 0 Å². The van der Waals surface area contributed by atoms with E-state index in [9.17, 15) is 0 Å². The smallest absolute Gasteiger partial charge is 1.00 e. The Morgan fingerprint density at radius 2 is 2.36 bits per heavy atom. The van der Waals surface area contributed by atoms with E-state index in [-0.39, 0.29) is 40.0 Å². The van der Waals surface area contributed by atoms with Gasteiger partial charge in [-0.05, 0) is 0 Å². The summed E-state index contributed by atoms with van der Waals surface area (Å²) in [5, 5.41) is 0. The molecule has 0 saturated carbocycles. The minimum atomic E-state index is 0. The van der Waals surface area contributed by atoms with Gasteiger partial charge in [0.1, 0.15) is 5.94 Å². The summed E-state index contributed by atoms with van der Waals surface area (Å²) < 4.78 is 5.24. The Hall–Kier alpha value is 0.616. The predicted octanol–water partition coefficient (Wildman–Crippen LogP) is -1.45. The summed E-state index contributed by atoms with van der Waals surface area (Å²) in [6, 6.07) is 8.75. The van der Waals surface area contributed by atoms with E-state index in [0.29, 0.717) is 0 Å². The second kappa shape index (κ2) is 5.30. The monoisotopic (exact) mass is 240 g/mol. The van der Waals surface area contributed by atoms with Crippen LogP contribution in [-0.4, -0.2) is 29.0 Å². The second-order valence-electron chi connectivity index (χ2n) is 1.78. The van der Waals surface area contributed by atoms with Crippen molar-refractivity contribution in [3.05, 3.63) is 24.3 Å². The molecule has 0 unspecified atom stereocenters. The van der Waals surface area contributed by atoms with Gasteiger partial charge < -0.3 is 21.7 Å². The van der Waals surface area contributed by atoms with E-state index in [1.807, 2.05) is 18.2 Å². The van der Waals surface area contributed by atoms with Gasteiger partial charge in [-0.1, -0.05) is 4.90 Å². The van der Waals surface area contributed by atoms with Crippen LogP contribution in [0.25, 0.3) is 0 Å². The Labute approximate surface area is 96.8 Å². The molecule has 0 bridgehead atoms. The van der Waals surface area contributed by atoms with Crippen LogP contribution < -0.4 is 21.7 Å². The summed E-state index contributed by atoms with van der Waals surface area (Å²) >= 11 is 1.71. The van der Waals surface area contributed by atoms with Crippen molar-refractivity contribution in [1.29, 1.82) is 0 Å². The molecule has 1 aliphatic heterocycles. The Morgan fingerprint density at radius 1 is 1.55 bits per heavy atom. The fourth-order valence-electron chi connectivity index (χ4n) is 0.789. The molecule has 1 aliphatic rings. The van der Waals surface area contributed by atoms with Crippen LogP contribution in [0.4, 0.5) is 0 Å². The molecule has 2 rings (SSSR count). The number of ether oxygens (including phenoxy) is 1. The molecule has 0 fully saturated rings. The molecule has 1 heterocycles. The average molecular weight is 241 g/mol. The van der Waals surface area contributed by atoms with Crippen LogP contribution in [0.2, 0.25) is 0 Å². The van der Waals surface area contributed by atoms with Gasteiger partial charge in [0, 0.05) is 5.75 Å². The zero-order valence-corrected chi connectivity index (χ0v) is 9.66. The maximum absolute atomic E-state index is 5.24. The van der Waals surface area contributed by atoms with Gasteiger partial charge in [0.15, 0.2) is 0 Å². The van der Waals surface area contributed by atoms with Crippen LogP contribution in [0.5, 0.6) is 5.75 Å². The van der Waals surface area contributed by atoms with Crippen molar-refractivity contribution in [3.63, 3.8) is 0 Å². The molecule has 0 radical (unpaired) electrons. The van der Waals surface area contributed by atoms with Crippen LogP contribution in [-0.2, 0) is 0 Å². The minimum Gasteiger partial charge on any atom is -1.00 e. The zero-order valence-electron chi connectivity index (χ0n) is 5.84. The Bertz CT molecular complexity index is 208. The predicted molar refractivity (Wildman–Crippen MR) is 42.4 cm³/mol. The van der Waals surface area contributed by atoms with E-state index in [1.54, 1.807) is 11.8 Å². The van der Waals surface area contributed by atoms with Crippen LogP contribution in [0, 0.1) is 6.07 Å². The molecule has 1 aromatic rings. The number of hydrogen-bond donors (Lipinski definition) is 0. The van der Waals surface area contributed by atoms with Gasteiger partial charge in [-0.2, -0.15) is 30.0 Å². The first-order valence-electron chi connectivity index (χ1n) is 2.72. The molecule has 4 heteroatoms. The third kappa shape index (κ3) is 2.54. The maximum atomic E-state index is 5.24. The summed E-state index contributed by atoms with van der Waals surface area (Å²) in [4.78, 5) is 1.21. The van der Waals surface area contributed by atoms with Gasteiger partial charge >= 0.3 is 23.1 Å². The molecule has 11 heavy (non-hydrogen) atoms. The fourth-order valence-corrected chi connectivity index (χ4v) is 1.52. The standard InChI is InChI=1S/C7H5OS.BrH.Mg/c1-2-4-7-6(3-1)8-5-9-7;;/h1,3-4H,5H2;1H;/q-1;;+2/p-1. The fraction of sp³-hybridized carbons (Fsp3) is 0.143. The number of rotatable bonds is 0. The van der Waals surface area contributed by atoms with Crippen molar-refractivity contribution in [2.75, 3.05) is 5.94 Å². The Morgan fingerprint density at radius 3 is 3.09 bits per heavy atom. The molecule has 0 amide bonds. The topological polar surface area (TPSA) is 9.23 Å². The van der Waals surface area contributed by atoms with E-state index in [2.05, 4.69) is 6.07 Å². The van der Waals surface area contributed by atoms with E-state index in [1.165, 1.54) is 4.90 Å². The molecule has 0 aromatic heterocycles. The molecular formula is C7H5BrMgOS. The van der Waals surface area contributed by atoms with Crippen LogP contribution in [0.3, 0.4) is 0 Å². The average Bonchev–Trinajstić information content (AvgIpc) is 2.33. The van der Waals surface area contributed by atoms with Crippen molar-refractivity contribution >= 4 is 34.8 Å². The van der Waals surface area contributed by atoms with Crippen molar-refractivity contribution in [2.24, 2.45) is 0 Å². The quantitative estimate of drug-likeness (QED) is 0.406. The molecule has 0 N–H and O–H groups in total. The molecular weight excluding hydrogens is 236 g/mol. The van der Waals surface area contributed by atoms with Crippen LogP contribution in [0.1, 0.15) is 0 Å². The first-order chi connectivity index (χ1) is 4.47. The number of hydrogen-bond acceptors (Lipinski definition) is 2. The molecule has 1 nitrogen and oxygen atoms in total. The van der Waals surface area contributed by atoms with Gasteiger partial charge in [0.2, 0.25) is 0 Å². The summed E-state index contributed by atoms with van der Waals surface area (Å²) in [5.74, 6) is 1.76. The molecule has 0 aliphatic carbocycles. The van der Waals surface area contributed by atoms with Crippen molar-refractivity contribution in [2.45, 2.75) is 4.90 Å². The zero-order chi connectivity index (χ0) is 6.10. The summed E-state index contributed by atoms with van der Waals surface area (Å²) in [7, 11) is 0. The van der Waals surface area contributed by atoms with Gasteiger partial charge in [0.05, 0.1) is 0 Å². The first kappa shape index (κ1) is 11.6. The van der Waals surface area contributed by atoms with Crippen molar-refractivity contribution in [1.82, 2.24) is 0 Å². The van der Waals surface area contributed by atoms with Crippen LogP contribution in [0.15, 0.2) is 23.1 Å². The van der Waals surface area contributed by atoms with Crippen molar-refractivity contribution < 1.29 is 21.7 Å². The summed E-state index contributed by atoms with van der Waals surface area (Å²) in [5.41, 5.74) is 0. The molecule has 0 atom stereocenters. The van der Waals surface area contributed by atoms with E-state index in [0.717, 1.165) is 11.7 Å². The first-order valence-corrected chi connectivity index (χ1v) is 3.71. The largest absolute Gasteiger partial charge is 2.00 e. The van der Waals surface area contributed by atoms with E-state index >= 15 is 0 Å².